The van der Waals surface area contributed by atoms with Crippen LogP contribution in [0.15, 0.2) is 24.3 Å². The zero-order valence-corrected chi connectivity index (χ0v) is 12.3. The number of ether oxygens (including phenoxy) is 1. The lowest BCUT2D eigenvalue weighted by Crippen LogP contribution is -2.30. The van der Waals surface area contributed by atoms with Crippen molar-refractivity contribution in [3.8, 4) is 11.8 Å². The molecule has 112 valence electrons. The van der Waals surface area contributed by atoms with Crippen LogP contribution in [0.1, 0.15) is 30.9 Å². The normalized spacial score (nSPS) is 20.7. The first-order valence-corrected chi connectivity index (χ1v) is 7.27. The molecule has 0 radical (unpaired) electrons. The molecule has 1 aromatic carbocycles. The first kappa shape index (κ1) is 15.6. The molecular weight excluding hydrogens is 266 g/mol. The molecule has 0 spiro atoms. The number of carbonyl (C=O) groups excluding carboxylic acids is 1. The molecule has 21 heavy (non-hydrogen) atoms. The minimum atomic E-state index is -0.0347. The summed E-state index contributed by atoms with van der Waals surface area (Å²) in [6, 6.07) is 7.76. The molecule has 1 saturated heterocycles. The highest BCUT2D eigenvalue weighted by Gasteiger charge is 2.27. The van der Waals surface area contributed by atoms with E-state index < -0.39 is 0 Å². The van der Waals surface area contributed by atoms with E-state index in [2.05, 4.69) is 17.2 Å². The molecule has 4 heteroatoms. The Labute approximate surface area is 125 Å². The van der Waals surface area contributed by atoms with Crippen molar-refractivity contribution >= 4 is 5.91 Å². The highest BCUT2D eigenvalue weighted by molar-refractivity contribution is 5.79. The third kappa shape index (κ3) is 4.89. The molecule has 1 heterocycles. The van der Waals surface area contributed by atoms with Crippen molar-refractivity contribution in [1.82, 2.24) is 5.32 Å². The van der Waals surface area contributed by atoms with Crippen molar-refractivity contribution in [3.63, 3.8) is 0 Å². The third-order valence-electron chi connectivity index (χ3n) is 3.43. The Balaban J connectivity index is 1.87. The molecule has 1 fully saturated rings. The van der Waals surface area contributed by atoms with E-state index in [1.54, 1.807) is 0 Å². The lowest BCUT2D eigenvalue weighted by Gasteiger charge is -2.09. The number of hydrogen-bond donors (Lipinski definition) is 2. The van der Waals surface area contributed by atoms with Crippen LogP contribution in [0.2, 0.25) is 0 Å². The molecule has 1 aromatic rings. The topological polar surface area (TPSA) is 58.6 Å². The molecule has 4 nitrogen and oxygen atoms in total. The summed E-state index contributed by atoms with van der Waals surface area (Å²) < 4.78 is 5.41. The van der Waals surface area contributed by atoms with Gasteiger partial charge in [0.1, 0.15) is 0 Å². The van der Waals surface area contributed by atoms with E-state index in [0.29, 0.717) is 19.6 Å². The number of carbonyl (C=O) groups is 1. The van der Waals surface area contributed by atoms with Crippen molar-refractivity contribution in [2.24, 2.45) is 5.92 Å². The van der Waals surface area contributed by atoms with E-state index in [1.807, 2.05) is 31.2 Å². The van der Waals surface area contributed by atoms with Crippen LogP contribution in [0.25, 0.3) is 0 Å². The molecule has 0 aromatic heterocycles. The van der Waals surface area contributed by atoms with Crippen LogP contribution < -0.4 is 5.32 Å². The fraction of sp³-hybridized carbons (Fsp3) is 0.471. The number of aliphatic hydroxyl groups excluding tert-OH is 1. The number of aliphatic hydroxyl groups is 1. The molecule has 0 bridgehead atoms. The molecule has 0 aliphatic carbocycles. The summed E-state index contributed by atoms with van der Waals surface area (Å²) in [6.45, 7) is 3.07. The van der Waals surface area contributed by atoms with Gasteiger partial charge in [0.25, 0.3) is 0 Å². The Morgan fingerprint density at radius 3 is 3.10 bits per heavy atom. The van der Waals surface area contributed by atoms with Gasteiger partial charge in [-0.1, -0.05) is 24.0 Å². The molecule has 2 unspecified atom stereocenters. The molecular formula is C17H21NO3. The summed E-state index contributed by atoms with van der Waals surface area (Å²) in [5, 5.41) is 11.7. The van der Waals surface area contributed by atoms with Gasteiger partial charge in [0.05, 0.1) is 25.2 Å². The standard InChI is InChI=1S/C17H21NO3/c1-13-9-16(12-21-13)17(20)18-11-15-7-4-6-14(10-15)5-2-3-8-19/h4,6-7,10,13,16,19H,3,8-9,11-12H2,1H3,(H,18,20). The molecule has 1 aliphatic heterocycles. The van der Waals surface area contributed by atoms with E-state index in [9.17, 15) is 4.79 Å². The van der Waals surface area contributed by atoms with Gasteiger partial charge in [0.15, 0.2) is 0 Å². The predicted molar refractivity (Wildman–Crippen MR) is 80.4 cm³/mol. The summed E-state index contributed by atoms with van der Waals surface area (Å²) >= 11 is 0. The van der Waals surface area contributed by atoms with Gasteiger partial charge in [0.2, 0.25) is 5.91 Å². The SMILES string of the molecule is CC1CC(C(=O)NCc2cccc(C#CCCO)c2)CO1. The van der Waals surface area contributed by atoms with Gasteiger partial charge in [-0.3, -0.25) is 4.79 Å². The third-order valence-corrected chi connectivity index (χ3v) is 3.43. The van der Waals surface area contributed by atoms with Crippen LogP contribution in [0.5, 0.6) is 0 Å². The maximum atomic E-state index is 12.0. The van der Waals surface area contributed by atoms with Crippen LogP contribution in [0, 0.1) is 17.8 Å². The van der Waals surface area contributed by atoms with Crippen LogP contribution in [0.4, 0.5) is 0 Å². The Hall–Kier alpha value is -1.83. The van der Waals surface area contributed by atoms with Crippen molar-refractivity contribution in [3.05, 3.63) is 35.4 Å². The van der Waals surface area contributed by atoms with Gasteiger partial charge < -0.3 is 15.2 Å². The quantitative estimate of drug-likeness (QED) is 0.824. The average Bonchev–Trinajstić information content (AvgIpc) is 2.92. The molecule has 1 aliphatic rings. The lowest BCUT2D eigenvalue weighted by molar-refractivity contribution is -0.125. The number of nitrogens with one attached hydrogen (secondary N) is 1. The van der Waals surface area contributed by atoms with Gasteiger partial charge >= 0.3 is 0 Å². The Morgan fingerprint density at radius 1 is 1.52 bits per heavy atom. The average molecular weight is 287 g/mol. The maximum absolute atomic E-state index is 12.0. The van der Waals surface area contributed by atoms with E-state index >= 15 is 0 Å². The minimum Gasteiger partial charge on any atom is -0.395 e. The van der Waals surface area contributed by atoms with Crippen molar-refractivity contribution in [2.75, 3.05) is 13.2 Å². The predicted octanol–water partition coefficient (Wildman–Crippen LogP) is 1.46. The monoisotopic (exact) mass is 287 g/mol. The smallest absolute Gasteiger partial charge is 0.225 e. The molecule has 2 rings (SSSR count). The second kappa shape index (κ2) is 7.82. The van der Waals surface area contributed by atoms with Crippen LogP contribution in [0.3, 0.4) is 0 Å². The highest BCUT2D eigenvalue weighted by atomic mass is 16.5. The van der Waals surface area contributed by atoms with Gasteiger partial charge in [-0.25, -0.2) is 0 Å². The summed E-state index contributed by atoms with van der Waals surface area (Å²) in [7, 11) is 0. The molecule has 1 amide bonds. The Bertz CT molecular complexity index is 544. The van der Waals surface area contributed by atoms with E-state index in [1.165, 1.54) is 0 Å². The Kier molecular flexibility index (Phi) is 5.79. The van der Waals surface area contributed by atoms with Crippen LogP contribution in [-0.4, -0.2) is 30.3 Å². The maximum Gasteiger partial charge on any atom is 0.225 e. The fourth-order valence-electron chi connectivity index (χ4n) is 2.31. The largest absolute Gasteiger partial charge is 0.395 e. The second-order valence-corrected chi connectivity index (χ2v) is 5.27. The number of amides is 1. The van der Waals surface area contributed by atoms with Gasteiger partial charge in [-0.2, -0.15) is 0 Å². The summed E-state index contributed by atoms with van der Waals surface area (Å²) in [5.41, 5.74) is 1.92. The molecule has 2 N–H and O–H groups in total. The molecule has 2 atom stereocenters. The van der Waals surface area contributed by atoms with Gasteiger partial charge in [0, 0.05) is 18.5 Å². The molecule has 0 saturated carbocycles. The van der Waals surface area contributed by atoms with Crippen molar-refractivity contribution in [1.29, 1.82) is 0 Å². The number of rotatable bonds is 4. The summed E-state index contributed by atoms with van der Waals surface area (Å²) in [5.74, 6) is 5.90. The second-order valence-electron chi connectivity index (χ2n) is 5.27. The lowest BCUT2D eigenvalue weighted by atomic mass is 10.1. The van der Waals surface area contributed by atoms with Crippen LogP contribution in [-0.2, 0) is 16.1 Å². The van der Waals surface area contributed by atoms with E-state index in [-0.39, 0.29) is 24.5 Å². The van der Waals surface area contributed by atoms with Crippen molar-refractivity contribution in [2.45, 2.75) is 32.4 Å². The fourth-order valence-corrected chi connectivity index (χ4v) is 2.31. The zero-order chi connectivity index (χ0) is 15.1. The highest BCUT2D eigenvalue weighted by Crippen LogP contribution is 2.19. The number of benzene rings is 1. The first-order chi connectivity index (χ1) is 10.2. The summed E-state index contributed by atoms with van der Waals surface area (Å²) in [4.78, 5) is 12.0. The van der Waals surface area contributed by atoms with Gasteiger partial charge in [-0.05, 0) is 31.0 Å². The van der Waals surface area contributed by atoms with E-state index in [4.69, 9.17) is 9.84 Å². The van der Waals surface area contributed by atoms with E-state index in [0.717, 1.165) is 17.5 Å². The van der Waals surface area contributed by atoms with Crippen molar-refractivity contribution < 1.29 is 14.6 Å². The number of hydrogen-bond acceptors (Lipinski definition) is 3. The first-order valence-electron chi connectivity index (χ1n) is 7.27. The zero-order valence-electron chi connectivity index (χ0n) is 12.3. The van der Waals surface area contributed by atoms with Crippen LogP contribution >= 0.6 is 0 Å². The minimum absolute atomic E-state index is 0.0347. The van der Waals surface area contributed by atoms with Gasteiger partial charge in [-0.15, -0.1) is 0 Å². The Morgan fingerprint density at radius 2 is 2.38 bits per heavy atom. The summed E-state index contributed by atoms with van der Waals surface area (Å²) in [6.07, 6.45) is 1.44.